The van der Waals surface area contributed by atoms with E-state index in [1.807, 2.05) is 0 Å². The summed E-state index contributed by atoms with van der Waals surface area (Å²) in [5.74, 6) is 0. The van der Waals surface area contributed by atoms with Gasteiger partial charge in [-0.3, -0.25) is 0 Å². The van der Waals surface area contributed by atoms with Gasteiger partial charge in [0.15, 0.2) is 0 Å². The Labute approximate surface area is 110 Å². The van der Waals surface area contributed by atoms with Crippen LogP contribution in [0.5, 0.6) is 0 Å². The summed E-state index contributed by atoms with van der Waals surface area (Å²) in [5.41, 5.74) is -0.290. The van der Waals surface area contributed by atoms with E-state index in [1.165, 1.54) is 12.8 Å². The Morgan fingerprint density at radius 1 is 1.33 bits per heavy atom. The molecule has 0 aromatic heterocycles. The van der Waals surface area contributed by atoms with Crippen molar-refractivity contribution in [2.24, 2.45) is 5.41 Å². The van der Waals surface area contributed by atoms with E-state index in [4.69, 9.17) is 9.47 Å². The minimum absolute atomic E-state index is 0.290. The third-order valence-corrected chi connectivity index (χ3v) is 3.98. The van der Waals surface area contributed by atoms with Gasteiger partial charge in [-0.05, 0) is 39.2 Å². The number of rotatable bonds is 5. The van der Waals surface area contributed by atoms with Gasteiger partial charge in [0.1, 0.15) is 6.29 Å². The standard InChI is InChI=1S/C14H25NO3/c1-15(9-13-5-2-3-8-18-13)10-14(11-16)6-4-7-17-12-14/h11,13H,2-10,12H2,1H3. The van der Waals surface area contributed by atoms with Crippen LogP contribution in [0.15, 0.2) is 0 Å². The number of nitrogens with zero attached hydrogens (tertiary/aromatic N) is 1. The van der Waals surface area contributed by atoms with E-state index in [1.54, 1.807) is 0 Å². The highest BCUT2D eigenvalue weighted by atomic mass is 16.5. The highest BCUT2D eigenvalue weighted by molar-refractivity contribution is 5.60. The van der Waals surface area contributed by atoms with Gasteiger partial charge in [0.05, 0.1) is 18.1 Å². The lowest BCUT2D eigenvalue weighted by atomic mass is 9.83. The summed E-state index contributed by atoms with van der Waals surface area (Å²) in [5, 5.41) is 0. The summed E-state index contributed by atoms with van der Waals surface area (Å²) in [6.45, 7) is 3.98. The zero-order valence-corrected chi connectivity index (χ0v) is 11.4. The highest BCUT2D eigenvalue weighted by Gasteiger charge is 2.34. The number of aldehydes is 1. The summed E-state index contributed by atoms with van der Waals surface area (Å²) in [7, 11) is 2.08. The highest BCUT2D eigenvalue weighted by Crippen LogP contribution is 2.27. The molecule has 4 heteroatoms. The first-order valence-electron chi connectivity index (χ1n) is 7.08. The largest absolute Gasteiger partial charge is 0.380 e. The maximum atomic E-state index is 11.4. The van der Waals surface area contributed by atoms with E-state index in [9.17, 15) is 4.79 Å². The first kappa shape index (κ1) is 14.0. The molecule has 0 radical (unpaired) electrons. The molecule has 2 saturated heterocycles. The predicted octanol–water partition coefficient (Wildman–Crippen LogP) is 1.48. The summed E-state index contributed by atoms with van der Waals surface area (Å²) in [6, 6.07) is 0. The van der Waals surface area contributed by atoms with Crippen molar-refractivity contribution in [2.75, 3.05) is 40.0 Å². The van der Waals surface area contributed by atoms with Crippen LogP contribution in [0.3, 0.4) is 0 Å². The van der Waals surface area contributed by atoms with Crippen LogP contribution in [-0.4, -0.2) is 57.2 Å². The van der Waals surface area contributed by atoms with Crippen LogP contribution >= 0.6 is 0 Å². The first-order chi connectivity index (χ1) is 8.74. The maximum absolute atomic E-state index is 11.4. The van der Waals surface area contributed by atoms with Gasteiger partial charge in [0, 0.05) is 26.3 Å². The molecule has 0 amide bonds. The van der Waals surface area contributed by atoms with Crippen molar-refractivity contribution >= 4 is 6.29 Å². The Hall–Kier alpha value is -0.450. The monoisotopic (exact) mass is 255 g/mol. The summed E-state index contributed by atoms with van der Waals surface area (Å²) < 4.78 is 11.2. The predicted molar refractivity (Wildman–Crippen MR) is 69.6 cm³/mol. The lowest BCUT2D eigenvalue weighted by molar-refractivity contribution is -0.126. The van der Waals surface area contributed by atoms with Crippen molar-refractivity contribution in [1.82, 2.24) is 4.90 Å². The van der Waals surface area contributed by atoms with Crippen molar-refractivity contribution in [2.45, 2.75) is 38.2 Å². The first-order valence-corrected chi connectivity index (χ1v) is 7.08. The second-order valence-corrected chi connectivity index (χ2v) is 5.82. The summed E-state index contributed by atoms with van der Waals surface area (Å²) >= 11 is 0. The topological polar surface area (TPSA) is 38.8 Å². The van der Waals surface area contributed by atoms with Crippen LogP contribution in [0, 0.1) is 5.41 Å². The van der Waals surface area contributed by atoms with Gasteiger partial charge in [0.2, 0.25) is 0 Å². The van der Waals surface area contributed by atoms with E-state index in [0.717, 1.165) is 51.9 Å². The molecule has 0 bridgehead atoms. The van der Waals surface area contributed by atoms with Gasteiger partial charge in [-0.15, -0.1) is 0 Å². The van der Waals surface area contributed by atoms with Crippen LogP contribution < -0.4 is 0 Å². The van der Waals surface area contributed by atoms with Crippen molar-refractivity contribution in [3.63, 3.8) is 0 Å². The molecule has 4 nitrogen and oxygen atoms in total. The van der Waals surface area contributed by atoms with Crippen LogP contribution in [0.25, 0.3) is 0 Å². The number of hydrogen-bond donors (Lipinski definition) is 0. The molecule has 0 aromatic rings. The molecular weight excluding hydrogens is 230 g/mol. The number of carbonyl (C=O) groups excluding carboxylic acids is 1. The smallest absolute Gasteiger partial charge is 0.129 e. The van der Waals surface area contributed by atoms with E-state index in [0.29, 0.717) is 12.7 Å². The average molecular weight is 255 g/mol. The van der Waals surface area contributed by atoms with Gasteiger partial charge in [-0.2, -0.15) is 0 Å². The maximum Gasteiger partial charge on any atom is 0.129 e. The Morgan fingerprint density at radius 2 is 2.22 bits per heavy atom. The second-order valence-electron chi connectivity index (χ2n) is 5.82. The van der Waals surface area contributed by atoms with Crippen molar-refractivity contribution in [3.05, 3.63) is 0 Å². The molecule has 2 unspecified atom stereocenters. The quantitative estimate of drug-likeness (QED) is 0.698. The number of ether oxygens (including phenoxy) is 2. The molecule has 2 aliphatic rings. The number of carbonyl (C=O) groups is 1. The Bertz CT molecular complexity index is 258. The van der Waals surface area contributed by atoms with Crippen molar-refractivity contribution in [1.29, 1.82) is 0 Å². The van der Waals surface area contributed by atoms with Gasteiger partial charge in [-0.25, -0.2) is 0 Å². The zero-order valence-electron chi connectivity index (χ0n) is 11.4. The summed E-state index contributed by atoms with van der Waals surface area (Å²) in [4.78, 5) is 13.6. The molecule has 2 heterocycles. The zero-order chi connectivity index (χ0) is 12.8. The molecule has 2 aliphatic heterocycles. The number of likely N-dealkylation sites (N-methyl/N-ethyl adjacent to an activating group) is 1. The Morgan fingerprint density at radius 3 is 2.83 bits per heavy atom. The fourth-order valence-electron chi connectivity index (χ4n) is 3.03. The fraction of sp³-hybridized carbons (Fsp3) is 0.929. The molecule has 0 aromatic carbocycles. The minimum Gasteiger partial charge on any atom is -0.380 e. The van der Waals surface area contributed by atoms with Crippen LogP contribution in [0.4, 0.5) is 0 Å². The molecule has 0 saturated carbocycles. The lowest BCUT2D eigenvalue weighted by Crippen LogP contribution is -2.45. The molecule has 2 atom stereocenters. The Kier molecular flexibility index (Phi) is 5.15. The average Bonchev–Trinajstić information content (AvgIpc) is 2.41. The third kappa shape index (κ3) is 3.77. The van der Waals surface area contributed by atoms with Gasteiger partial charge in [-0.1, -0.05) is 0 Å². The molecule has 0 N–H and O–H groups in total. The SMILES string of the molecule is CN(CC1CCCCO1)CC1(C=O)CCCOC1. The van der Waals surface area contributed by atoms with Gasteiger partial charge >= 0.3 is 0 Å². The second kappa shape index (κ2) is 6.64. The normalized spacial score (nSPS) is 33.6. The molecule has 104 valence electrons. The van der Waals surface area contributed by atoms with Crippen LogP contribution in [0.1, 0.15) is 32.1 Å². The number of hydrogen-bond acceptors (Lipinski definition) is 4. The molecule has 0 spiro atoms. The fourth-order valence-corrected chi connectivity index (χ4v) is 3.03. The molecule has 2 rings (SSSR count). The molecular formula is C14H25NO3. The lowest BCUT2D eigenvalue weighted by Gasteiger charge is -2.36. The minimum atomic E-state index is -0.290. The van der Waals surface area contributed by atoms with Crippen molar-refractivity contribution in [3.8, 4) is 0 Å². The van der Waals surface area contributed by atoms with Crippen LogP contribution in [0.2, 0.25) is 0 Å². The van der Waals surface area contributed by atoms with E-state index < -0.39 is 0 Å². The van der Waals surface area contributed by atoms with E-state index >= 15 is 0 Å². The molecule has 18 heavy (non-hydrogen) atoms. The van der Waals surface area contributed by atoms with E-state index in [-0.39, 0.29) is 5.41 Å². The Balaban J connectivity index is 1.80. The van der Waals surface area contributed by atoms with E-state index in [2.05, 4.69) is 11.9 Å². The third-order valence-electron chi connectivity index (χ3n) is 3.98. The molecule has 0 aliphatic carbocycles. The molecule has 2 fully saturated rings. The van der Waals surface area contributed by atoms with Gasteiger partial charge in [0.25, 0.3) is 0 Å². The van der Waals surface area contributed by atoms with Crippen molar-refractivity contribution < 1.29 is 14.3 Å². The summed E-state index contributed by atoms with van der Waals surface area (Å²) in [6.07, 6.45) is 6.99. The van der Waals surface area contributed by atoms with Crippen LogP contribution in [-0.2, 0) is 14.3 Å². The van der Waals surface area contributed by atoms with Gasteiger partial charge < -0.3 is 19.2 Å².